The second-order valence-electron chi connectivity index (χ2n) is 19.9. The van der Waals surface area contributed by atoms with Gasteiger partial charge in [0.2, 0.25) is 20.0 Å². The summed E-state index contributed by atoms with van der Waals surface area (Å²) in [5.74, 6) is 0. The molecule has 3 fully saturated rings. The van der Waals surface area contributed by atoms with E-state index < -0.39 is 31.0 Å². The molecule has 78 heavy (non-hydrogen) atoms. The normalized spacial score (nSPS) is 15.4. The highest BCUT2D eigenvalue weighted by molar-refractivity contribution is 7.89. The first-order valence-electron chi connectivity index (χ1n) is 26.5. The third-order valence-electron chi connectivity index (χ3n) is 14.2. The zero-order chi connectivity index (χ0) is 55.3. The van der Waals surface area contributed by atoms with Gasteiger partial charge in [-0.15, -0.1) is 0 Å². The summed E-state index contributed by atoms with van der Waals surface area (Å²) in [7, 11) is -1.69. The molecule has 0 radical (unpaired) electrons. The number of sulfonamides is 2. The van der Waals surface area contributed by atoms with Crippen molar-refractivity contribution in [1.29, 1.82) is 0 Å². The van der Waals surface area contributed by atoms with Crippen molar-refractivity contribution in [2.75, 3.05) is 82.2 Å². The number of hydrogen-bond donors (Lipinski definition) is 5. The van der Waals surface area contributed by atoms with Crippen LogP contribution in [0.25, 0.3) is 66.6 Å². The van der Waals surface area contributed by atoms with Crippen molar-refractivity contribution >= 4 is 80.9 Å². The quantitative estimate of drug-likeness (QED) is 0.0828. The van der Waals surface area contributed by atoms with Gasteiger partial charge in [-0.1, -0.05) is 50.2 Å². The number of aliphatic hydroxyl groups is 1. The lowest BCUT2D eigenvalue weighted by Gasteiger charge is -2.39. The second kappa shape index (κ2) is 24.0. The van der Waals surface area contributed by atoms with Crippen LogP contribution in [0.3, 0.4) is 0 Å². The molecule has 0 bridgehead atoms. The van der Waals surface area contributed by atoms with Gasteiger partial charge < -0.3 is 34.8 Å². The highest BCUT2D eigenvalue weighted by Crippen LogP contribution is 2.39. The smallest absolute Gasteiger partial charge is 0.242 e. The number of piperidine rings is 1. The number of β-amino-alcohol motifs (C(OH)–C–C–N with tert-alkyl or cyclic N) is 1. The molecule has 12 rings (SSSR count). The lowest BCUT2D eigenvalue weighted by Crippen LogP contribution is -2.51. The number of nitrogens with one attached hydrogen (secondary N) is 3. The molecule has 5 aromatic carbocycles. The highest BCUT2D eigenvalue weighted by Gasteiger charge is 2.29. The molecule has 3 aliphatic rings. The third-order valence-corrected chi connectivity index (χ3v) is 18.3. The maximum atomic E-state index is 12.6. The molecule has 1 unspecified atom stereocenters. The summed E-state index contributed by atoms with van der Waals surface area (Å²) in [6, 6.07) is 42.8. The van der Waals surface area contributed by atoms with Crippen molar-refractivity contribution in [3.05, 3.63) is 140 Å². The fraction of sp³-hybridized carbons (Fsp3) is 0.305. The number of nitrogens with two attached hydrogens (primary N) is 1. The molecule has 3 saturated heterocycles. The van der Waals surface area contributed by atoms with Gasteiger partial charge in [-0.3, -0.25) is 0 Å². The van der Waals surface area contributed by atoms with Gasteiger partial charge in [0.1, 0.15) is 16.6 Å². The van der Waals surface area contributed by atoms with E-state index in [1.54, 1.807) is 34.8 Å². The van der Waals surface area contributed by atoms with Gasteiger partial charge in [-0.05, 0) is 143 Å². The molecule has 6 N–H and O–H groups in total. The zero-order valence-corrected chi connectivity index (χ0v) is 47.6. The lowest BCUT2D eigenvalue weighted by atomic mass is 10.0. The van der Waals surface area contributed by atoms with Crippen LogP contribution in [0.5, 0.6) is 0 Å². The number of pyridine rings is 1. The van der Waals surface area contributed by atoms with Crippen molar-refractivity contribution in [1.82, 2.24) is 28.5 Å². The monoisotopic (exact) mass is 1110 g/mol. The van der Waals surface area contributed by atoms with Crippen LogP contribution in [-0.4, -0.2) is 128 Å². The average Bonchev–Trinajstić information content (AvgIpc) is 4.33. The number of benzene rings is 5. The summed E-state index contributed by atoms with van der Waals surface area (Å²) in [5, 5.41) is 18.2. The number of H-pyrrole nitrogens is 3. The highest BCUT2D eigenvalue weighted by atomic mass is 32.2. The van der Waals surface area contributed by atoms with Gasteiger partial charge in [0, 0.05) is 138 Å². The van der Waals surface area contributed by atoms with Crippen LogP contribution in [-0.2, 0) is 31.0 Å². The van der Waals surface area contributed by atoms with Crippen LogP contribution < -0.4 is 19.8 Å². The van der Waals surface area contributed by atoms with Crippen LogP contribution in [0, 0.1) is 0 Å². The number of para-hydroxylation sites is 2. The Morgan fingerprint density at radius 1 is 0.564 bits per heavy atom. The first-order valence-corrected chi connectivity index (χ1v) is 30.6. The molecule has 410 valence electrons. The molecule has 7 heterocycles. The molecule has 4 aromatic heterocycles. The molecule has 0 amide bonds. The van der Waals surface area contributed by atoms with E-state index in [-0.39, 0.29) is 15.9 Å². The van der Waals surface area contributed by atoms with Crippen molar-refractivity contribution in [3.8, 4) is 33.8 Å². The van der Waals surface area contributed by atoms with Crippen molar-refractivity contribution in [2.45, 2.75) is 66.7 Å². The Morgan fingerprint density at radius 3 is 1.54 bits per heavy atom. The summed E-state index contributed by atoms with van der Waals surface area (Å²) in [6.45, 7) is 9.22. The summed E-state index contributed by atoms with van der Waals surface area (Å²) < 4.78 is 64.2. The number of primary sulfonamides is 1. The van der Waals surface area contributed by atoms with Crippen molar-refractivity contribution in [2.24, 2.45) is 5.14 Å². The Balaban J connectivity index is 0.000000140. The topological polar surface area (TPSA) is 208 Å². The van der Waals surface area contributed by atoms with E-state index in [4.69, 9.17) is 5.14 Å². The van der Waals surface area contributed by atoms with Gasteiger partial charge in [0.05, 0.1) is 20.8 Å². The Hall–Kier alpha value is -6.84. The van der Waals surface area contributed by atoms with E-state index in [9.17, 15) is 26.2 Å². The number of aromatic nitrogens is 4. The number of nitrogens with zero attached hydrogens (tertiary/aromatic N) is 6. The second-order valence-corrected chi connectivity index (χ2v) is 25.3. The minimum atomic E-state index is -3.75. The Bertz CT molecular complexity index is 3700. The molecule has 3 aliphatic heterocycles. The maximum Gasteiger partial charge on any atom is 0.242 e. The van der Waals surface area contributed by atoms with Crippen LogP contribution >= 0.6 is 0 Å². The Labute approximate surface area is 460 Å². The maximum absolute atomic E-state index is 12.6. The number of rotatable bonds is 11. The Morgan fingerprint density at radius 2 is 1.03 bits per heavy atom. The predicted octanol–water partition coefficient (Wildman–Crippen LogP) is 10.2. The number of aliphatic hydroxyl groups excluding tert-OH is 1. The van der Waals surface area contributed by atoms with Crippen LogP contribution in [0.15, 0.2) is 154 Å². The van der Waals surface area contributed by atoms with E-state index in [1.165, 1.54) is 48.7 Å². The lowest BCUT2D eigenvalue weighted by molar-refractivity contribution is 0.142. The van der Waals surface area contributed by atoms with Crippen molar-refractivity contribution in [3.63, 3.8) is 0 Å². The number of aromatic amines is 3. The summed E-state index contributed by atoms with van der Waals surface area (Å²) in [6.07, 6.45) is 7.45. The molecule has 19 heteroatoms. The number of hydrogen-bond acceptors (Lipinski definition) is 10. The Kier molecular flexibility index (Phi) is 17.2. The average molecular weight is 1110 g/mol. The van der Waals surface area contributed by atoms with E-state index >= 15 is 0 Å². The standard InChI is InChI=1S/C21H25N3OS.C19H21N3O3S.C17H18N4O2S.C2H6/c1-23(2)26(25)17-10-11-21(24-12-6-3-7-13-24)18(15-17)20-14-16-8-4-5-9-19(16)22-20;1-21(2)26(24,25)15-7-8-19(22-11-14(23)12-22)16(10-15)18-9-13-5-3-4-6-17(13)20-18;18-24(22,23)13-5-6-16(21-8-1-2-9-21)14(11-13)15-10-12-4-3-7-19-17(12)20-15;1-2/h4-5,8-11,14-15,22H,3,6-7,12-13H2,1-2H3;3-10,14,20,23H,11-12H2,1-2H3;3-7,10-11H,1-2,8-9H2,(H,19,20)(H2,18,22,23);1-2H3. The van der Waals surface area contributed by atoms with Crippen LogP contribution in [0.4, 0.5) is 17.1 Å². The van der Waals surface area contributed by atoms with Gasteiger partial charge in [0.15, 0.2) is 0 Å². The largest absolute Gasteiger partial charge is 0.389 e. The molecule has 16 nitrogen and oxygen atoms in total. The fourth-order valence-electron chi connectivity index (χ4n) is 10.2. The first-order chi connectivity index (χ1) is 37.5. The number of anilines is 3. The molecule has 0 saturated carbocycles. The molecule has 0 spiro atoms. The zero-order valence-electron chi connectivity index (χ0n) is 45.1. The first kappa shape index (κ1) is 55.9. The van der Waals surface area contributed by atoms with Crippen LogP contribution in [0.1, 0.15) is 46.0 Å². The van der Waals surface area contributed by atoms with Gasteiger partial charge in [-0.2, -0.15) is 0 Å². The fourth-order valence-corrected chi connectivity index (χ4v) is 12.5. The van der Waals surface area contributed by atoms with Gasteiger partial charge >= 0.3 is 0 Å². The van der Waals surface area contributed by atoms with E-state index in [0.29, 0.717) is 13.1 Å². The predicted molar refractivity (Wildman–Crippen MR) is 318 cm³/mol. The summed E-state index contributed by atoms with van der Waals surface area (Å²) in [4.78, 5) is 22.5. The summed E-state index contributed by atoms with van der Waals surface area (Å²) in [5.41, 5.74) is 11.7. The van der Waals surface area contributed by atoms with E-state index in [0.717, 1.165) is 117 Å². The number of fused-ring (bicyclic) bond motifs is 3. The minimum absolute atomic E-state index is 0.118. The molecule has 9 aromatic rings. The van der Waals surface area contributed by atoms with Gasteiger partial charge in [-0.25, -0.2) is 39.8 Å². The SMILES string of the molecule is CC.CN(C)S(=O)(=O)c1ccc(N2CC(O)C2)c(-c2cc3ccccc3[nH]2)c1.CN(C)S(=O)c1ccc(N2CCCCC2)c(-c2cc3ccccc3[nH]2)c1.NS(=O)(=O)c1ccc(N2CCCC2)c(-c2cc3cccnc3[nH]2)c1. The summed E-state index contributed by atoms with van der Waals surface area (Å²) >= 11 is 0. The van der Waals surface area contributed by atoms with Crippen LogP contribution in [0.2, 0.25) is 0 Å². The minimum Gasteiger partial charge on any atom is -0.389 e. The molecular formula is C59H70N10O6S3. The molecular weight excluding hydrogens is 1040 g/mol. The molecule has 1 atom stereocenters. The van der Waals surface area contributed by atoms with E-state index in [2.05, 4.69) is 71.0 Å². The van der Waals surface area contributed by atoms with E-state index in [1.807, 2.05) is 101 Å². The van der Waals surface area contributed by atoms with Crippen molar-refractivity contribution < 1.29 is 26.2 Å². The molecule has 0 aliphatic carbocycles. The third kappa shape index (κ3) is 12.2. The van der Waals surface area contributed by atoms with Gasteiger partial charge in [0.25, 0.3) is 0 Å².